The topological polar surface area (TPSA) is 50.4 Å². The normalized spacial score (nSPS) is 25.7. The summed E-state index contributed by atoms with van der Waals surface area (Å²) in [6.45, 7) is 8.28. The fourth-order valence-corrected chi connectivity index (χ4v) is 1.55. The molecule has 1 heterocycles. The molecule has 88 valence electrons. The fraction of sp³-hybridized carbons (Fsp3) is 0.909. The Kier molecular flexibility index (Phi) is 5.05. The van der Waals surface area contributed by atoms with Crippen LogP contribution in [0.5, 0.6) is 0 Å². The molecule has 0 aliphatic carbocycles. The van der Waals surface area contributed by atoms with E-state index in [1.807, 2.05) is 0 Å². The van der Waals surface area contributed by atoms with Gasteiger partial charge in [-0.25, -0.2) is 0 Å². The predicted octanol–water partition coefficient (Wildman–Crippen LogP) is 0.526. The molecule has 3 unspecified atom stereocenters. The van der Waals surface area contributed by atoms with Crippen molar-refractivity contribution in [2.75, 3.05) is 19.8 Å². The van der Waals surface area contributed by atoms with Gasteiger partial charge in [-0.2, -0.15) is 0 Å². The summed E-state index contributed by atoms with van der Waals surface area (Å²) in [5.74, 6) is 0.570. The Morgan fingerprint density at radius 3 is 2.87 bits per heavy atom. The molecule has 1 fully saturated rings. The van der Waals surface area contributed by atoms with Crippen LogP contribution in [0.4, 0.5) is 0 Å². The Morgan fingerprint density at radius 2 is 2.33 bits per heavy atom. The highest BCUT2D eigenvalue weighted by molar-refractivity contribution is 5.82. The van der Waals surface area contributed by atoms with Crippen molar-refractivity contribution in [1.82, 2.24) is 10.6 Å². The first kappa shape index (κ1) is 12.5. The van der Waals surface area contributed by atoms with Crippen molar-refractivity contribution in [2.24, 2.45) is 5.92 Å². The molecule has 4 heteroatoms. The average molecular weight is 214 g/mol. The van der Waals surface area contributed by atoms with Crippen molar-refractivity contribution in [1.29, 1.82) is 0 Å². The predicted molar refractivity (Wildman–Crippen MR) is 59.7 cm³/mol. The second kappa shape index (κ2) is 6.08. The molecular formula is C11H22N2O2. The standard InChI is InChI=1S/C11H22N2O2/c1-4-8(2)9(3)13-11(14)10-7-15-6-5-12-10/h8-10,12H,4-7H2,1-3H3,(H,13,14). The summed E-state index contributed by atoms with van der Waals surface area (Å²) in [6.07, 6.45) is 1.08. The molecule has 15 heavy (non-hydrogen) atoms. The molecule has 3 atom stereocenters. The van der Waals surface area contributed by atoms with E-state index in [9.17, 15) is 4.79 Å². The molecule has 1 aliphatic rings. The summed E-state index contributed by atoms with van der Waals surface area (Å²) >= 11 is 0. The molecule has 1 saturated heterocycles. The summed E-state index contributed by atoms with van der Waals surface area (Å²) in [7, 11) is 0. The van der Waals surface area contributed by atoms with Gasteiger partial charge in [-0.1, -0.05) is 20.3 Å². The first-order valence-corrected chi connectivity index (χ1v) is 5.76. The highest BCUT2D eigenvalue weighted by Gasteiger charge is 2.23. The van der Waals surface area contributed by atoms with Gasteiger partial charge >= 0.3 is 0 Å². The lowest BCUT2D eigenvalue weighted by Crippen LogP contribution is -2.53. The first-order valence-electron chi connectivity index (χ1n) is 5.76. The first-order chi connectivity index (χ1) is 7.15. The molecule has 0 aromatic heterocycles. The Balaban J connectivity index is 2.33. The van der Waals surface area contributed by atoms with Gasteiger partial charge in [-0.05, 0) is 12.8 Å². The summed E-state index contributed by atoms with van der Waals surface area (Å²) in [5.41, 5.74) is 0. The minimum atomic E-state index is -0.176. The maximum atomic E-state index is 11.8. The molecule has 0 bridgehead atoms. The zero-order valence-electron chi connectivity index (χ0n) is 9.88. The summed E-state index contributed by atoms with van der Waals surface area (Å²) in [5, 5.41) is 6.16. The summed E-state index contributed by atoms with van der Waals surface area (Å²) in [6, 6.07) is 0.0523. The Morgan fingerprint density at radius 1 is 1.60 bits per heavy atom. The zero-order valence-corrected chi connectivity index (χ0v) is 9.88. The number of carbonyl (C=O) groups excluding carboxylic acids is 1. The highest BCUT2D eigenvalue weighted by atomic mass is 16.5. The molecule has 0 radical (unpaired) electrons. The number of hydrogen-bond acceptors (Lipinski definition) is 3. The van der Waals surface area contributed by atoms with Gasteiger partial charge in [0.1, 0.15) is 6.04 Å². The third-order valence-electron chi connectivity index (χ3n) is 3.11. The molecule has 2 N–H and O–H groups in total. The van der Waals surface area contributed by atoms with Gasteiger partial charge in [-0.15, -0.1) is 0 Å². The Bertz CT molecular complexity index is 203. The summed E-state index contributed by atoms with van der Waals surface area (Å²) in [4.78, 5) is 11.8. The maximum absolute atomic E-state index is 11.8. The number of amides is 1. The lowest BCUT2D eigenvalue weighted by Gasteiger charge is -2.26. The van der Waals surface area contributed by atoms with E-state index in [-0.39, 0.29) is 18.0 Å². The lowest BCUT2D eigenvalue weighted by atomic mass is 10.0. The lowest BCUT2D eigenvalue weighted by molar-refractivity contribution is -0.126. The molecule has 4 nitrogen and oxygen atoms in total. The van der Waals surface area contributed by atoms with Crippen molar-refractivity contribution in [3.63, 3.8) is 0 Å². The van der Waals surface area contributed by atoms with Gasteiger partial charge in [-0.3, -0.25) is 4.79 Å². The number of morpholine rings is 1. The van der Waals surface area contributed by atoms with Crippen LogP contribution in [0.25, 0.3) is 0 Å². The van der Waals surface area contributed by atoms with Crippen molar-refractivity contribution in [3.8, 4) is 0 Å². The molecule has 1 amide bonds. The molecule has 1 aliphatic heterocycles. The van der Waals surface area contributed by atoms with Crippen molar-refractivity contribution in [3.05, 3.63) is 0 Å². The third-order valence-corrected chi connectivity index (χ3v) is 3.11. The number of ether oxygens (including phenoxy) is 1. The van der Waals surface area contributed by atoms with E-state index in [4.69, 9.17) is 4.74 Å². The molecule has 1 rings (SSSR count). The van der Waals surface area contributed by atoms with Crippen LogP contribution in [0.2, 0.25) is 0 Å². The zero-order chi connectivity index (χ0) is 11.3. The SMILES string of the molecule is CCC(C)C(C)NC(=O)C1COCCN1. The average Bonchev–Trinajstić information content (AvgIpc) is 2.29. The van der Waals surface area contributed by atoms with Crippen LogP contribution in [-0.4, -0.2) is 37.7 Å². The van der Waals surface area contributed by atoms with Crippen molar-refractivity contribution >= 4 is 5.91 Å². The number of carbonyl (C=O) groups is 1. The van der Waals surface area contributed by atoms with Crippen molar-refractivity contribution < 1.29 is 9.53 Å². The summed E-state index contributed by atoms with van der Waals surface area (Å²) < 4.78 is 5.25. The van der Waals surface area contributed by atoms with Gasteiger partial charge in [0, 0.05) is 12.6 Å². The van der Waals surface area contributed by atoms with Crippen LogP contribution < -0.4 is 10.6 Å². The van der Waals surface area contributed by atoms with Gasteiger partial charge in [0.15, 0.2) is 0 Å². The number of rotatable bonds is 4. The minimum absolute atomic E-state index is 0.0579. The number of hydrogen-bond donors (Lipinski definition) is 2. The smallest absolute Gasteiger partial charge is 0.239 e. The van der Waals surface area contributed by atoms with E-state index >= 15 is 0 Å². The third kappa shape index (κ3) is 3.80. The van der Waals surface area contributed by atoms with Crippen molar-refractivity contribution in [2.45, 2.75) is 39.3 Å². The maximum Gasteiger partial charge on any atom is 0.239 e. The largest absolute Gasteiger partial charge is 0.378 e. The Hall–Kier alpha value is -0.610. The molecule has 0 aromatic rings. The van der Waals surface area contributed by atoms with Gasteiger partial charge in [0.05, 0.1) is 13.2 Å². The van der Waals surface area contributed by atoms with Crippen LogP contribution in [0.3, 0.4) is 0 Å². The van der Waals surface area contributed by atoms with E-state index in [0.29, 0.717) is 19.1 Å². The fourth-order valence-electron chi connectivity index (χ4n) is 1.55. The van der Waals surface area contributed by atoms with Gasteiger partial charge in [0.25, 0.3) is 0 Å². The van der Waals surface area contributed by atoms with E-state index in [2.05, 4.69) is 31.4 Å². The monoisotopic (exact) mass is 214 g/mol. The van der Waals surface area contributed by atoms with Gasteiger partial charge in [0.2, 0.25) is 5.91 Å². The van der Waals surface area contributed by atoms with Crippen LogP contribution in [0, 0.1) is 5.92 Å². The van der Waals surface area contributed by atoms with E-state index in [1.54, 1.807) is 0 Å². The number of nitrogens with one attached hydrogen (secondary N) is 2. The second-order valence-corrected chi connectivity index (χ2v) is 4.26. The Labute approximate surface area is 91.8 Å². The quantitative estimate of drug-likeness (QED) is 0.717. The van der Waals surface area contributed by atoms with Gasteiger partial charge < -0.3 is 15.4 Å². The van der Waals surface area contributed by atoms with E-state index in [0.717, 1.165) is 13.0 Å². The highest BCUT2D eigenvalue weighted by Crippen LogP contribution is 2.07. The molecule has 0 aromatic carbocycles. The van der Waals surface area contributed by atoms with Crippen LogP contribution in [0.1, 0.15) is 27.2 Å². The second-order valence-electron chi connectivity index (χ2n) is 4.26. The van der Waals surface area contributed by atoms with E-state index < -0.39 is 0 Å². The molecule has 0 spiro atoms. The van der Waals surface area contributed by atoms with Crippen LogP contribution in [-0.2, 0) is 9.53 Å². The van der Waals surface area contributed by atoms with E-state index in [1.165, 1.54) is 0 Å². The van der Waals surface area contributed by atoms with Crippen LogP contribution in [0.15, 0.2) is 0 Å². The molecule has 0 saturated carbocycles. The molecular weight excluding hydrogens is 192 g/mol. The van der Waals surface area contributed by atoms with Crippen LogP contribution >= 0.6 is 0 Å². The minimum Gasteiger partial charge on any atom is -0.378 e.